The molecule has 0 aromatic carbocycles. The summed E-state index contributed by atoms with van der Waals surface area (Å²) in [5.74, 6) is 0.717. The lowest BCUT2D eigenvalue weighted by Crippen LogP contribution is -2.32. The van der Waals surface area contributed by atoms with Gasteiger partial charge in [-0.15, -0.1) is 0 Å². The maximum Gasteiger partial charge on any atom is 0.407 e. The zero-order chi connectivity index (χ0) is 15.9. The van der Waals surface area contributed by atoms with E-state index in [0.717, 1.165) is 23.0 Å². The number of fused-ring (bicyclic) bond motifs is 1. The topological polar surface area (TPSA) is 55.6 Å². The van der Waals surface area contributed by atoms with E-state index in [-0.39, 0.29) is 0 Å². The Morgan fingerprint density at radius 2 is 2.14 bits per heavy atom. The van der Waals surface area contributed by atoms with Crippen LogP contribution in [0, 0.1) is 6.92 Å². The molecule has 0 atom stereocenters. The van der Waals surface area contributed by atoms with Gasteiger partial charge in [-0.05, 0) is 58.1 Å². The van der Waals surface area contributed by atoms with Crippen molar-refractivity contribution in [3.63, 3.8) is 0 Å². The van der Waals surface area contributed by atoms with Gasteiger partial charge in [-0.3, -0.25) is 0 Å². The van der Waals surface area contributed by atoms with E-state index < -0.39 is 11.7 Å². The van der Waals surface area contributed by atoms with Crippen molar-refractivity contribution in [3.8, 4) is 0 Å². The summed E-state index contributed by atoms with van der Waals surface area (Å²) in [4.78, 5) is 16.3. The largest absolute Gasteiger partial charge is 0.444 e. The van der Waals surface area contributed by atoms with E-state index in [0.29, 0.717) is 6.54 Å². The first-order valence-electron chi connectivity index (χ1n) is 7.78. The number of aromatic nitrogens is 2. The first kappa shape index (κ1) is 14.9. The van der Waals surface area contributed by atoms with Gasteiger partial charge < -0.3 is 14.5 Å². The second-order valence-electron chi connectivity index (χ2n) is 6.96. The molecule has 0 bridgehead atoms. The van der Waals surface area contributed by atoms with Gasteiger partial charge in [0.1, 0.15) is 11.2 Å². The molecule has 2 heterocycles. The number of pyridine rings is 1. The average Bonchev–Trinajstić information content (AvgIpc) is 3.21. The molecule has 0 aliphatic heterocycles. The number of imidazole rings is 1. The molecule has 0 saturated heterocycles. The molecule has 118 valence electrons. The number of hydrogen-bond acceptors (Lipinski definition) is 3. The summed E-state index contributed by atoms with van der Waals surface area (Å²) >= 11 is 0. The molecule has 3 rings (SSSR count). The number of rotatable bonds is 3. The first-order valence-corrected chi connectivity index (χ1v) is 7.78. The molecule has 0 radical (unpaired) electrons. The lowest BCUT2D eigenvalue weighted by Gasteiger charge is -2.19. The monoisotopic (exact) mass is 301 g/mol. The van der Waals surface area contributed by atoms with Crippen LogP contribution in [0.2, 0.25) is 0 Å². The number of carbonyl (C=O) groups excluding carboxylic acids is 1. The van der Waals surface area contributed by atoms with Crippen molar-refractivity contribution >= 4 is 11.7 Å². The fraction of sp³-hybridized carbons (Fsp3) is 0.529. The smallest absolute Gasteiger partial charge is 0.407 e. The lowest BCUT2D eigenvalue weighted by atomic mass is 10.2. The third kappa shape index (κ3) is 3.24. The Hall–Kier alpha value is -2.04. The van der Waals surface area contributed by atoms with Crippen molar-refractivity contribution in [3.05, 3.63) is 35.3 Å². The van der Waals surface area contributed by atoms with Crippen LogP contribution in [0.15, 0.2) is 18.3 Å². The minimum absolute atomic E-state index is 0.376. The molecule has 0 unspecified atom stereocenters. The van der Waals surface area contributed by atoms with Crippen molar-refractivity contribution < 1.29 is 9.53 Å². The summed E-state index contributed by atoms with van der Waals surface area (Å²) < 4.78 is 7.36. The van der Waals surface area contributed by atoms with Crippen LogP contribution in [-0.4, -0.2) is 21.1 Å². The summed E-state index contributed by atoms with van der Waals surface area (Å²) in [6.45, 7) is 7.95. The molecule has 1 N–H and O–H groups in total. The number of nitrogens with zero attached hydrogens (tertiary/aromatic N) is 2. The van der Waals surface area contributed by atoms with Crippen LogP contribution in [0.1, 0.15) is 56.5 Å². The molecule has 1 aliphatic carbocycles. The predicted octanol–water partition coefficient (Wildman–Crippen LogP) is 3.54. The molecule has 5 nitrogen and oxygen atoms in total. The SMILES string of the molecule is Cc1c(CNC(=O)OC(C)(C)C)nc2ccc(C3CC3)cn12. The van der Waals surface area contributed by atoms with Gasteiger partial charge in [0, 0.05) is 11.9 Å². The van der Waals surface area contributed by atoms with Crippen molar-refractivity contribution in [1.29, 1.82) is 0 Å². The molecule has 2 aromatic rings. The third-order valence-electron chi connectivity index (χ3n) is 3.83. The van der Waals surface area contributed by atoms with Gasteiger partial charge in [0.25, 0.3) is 0 Å². The number of aryl methyl sites for hydroxylation is 1. The highest BCUT2D eigenvalue weighted by atomic mass is 16.6. The summed E-state index contributed by atoms with van der Waals surface area (Å²) in [5, 5.41) is 2.77. The molecule has 2 aromatic heterocycles. The summed E-state index contributed by atoms with van der Waals surface area (Å²) in [6, 6.07) is 4.21. The molecule has 0 spiro atoms. The Balaban J connectivity index is 1.74. The maximum absolute atomic E-state index is 11.7. The molecule has 1 aliphatic rings. The van der Waals surface area contributed by atoms with Crippen molar-refractivity contribution in [2.75, 3.05) is 0 Å². The van der Waals surface area contributed by atoms with Crippen molar-refractivity contribution in [1.82, 2.24) is 14.7 Å². The Morgan fingerprint density at radius 1 is 1.41 bits per heavy atom. The standard InChI is InChI=1S/C17H23N3O2/c1-11-14(9-18-16(21)22-17(2,3)4)19-15-8-7-13(10-20(11)15)12-5-6-12/h7-8,10,12H,5-6,9H2,1-4H3,(H,18,21). The number of nitrogens with one attached hydrogen (secondary N) is 1. The molecule has 1 amide bonds. The van der Waals surface area contributed by atoms with Gasteiger partial charge in [0.05, 0.1) is 12.2 Å². The van der Waals surface area contributed by atoms with E-state index in [9.17, 15) is 4.79 Å². The van der Waals surface area contributed by atoms with E-state index in [1.807, 2.05) is 27.7 Å². The fourth-order valence-electron chi connectivity index (χ4n) is 2.52. The van der Waals surface area contributed by atoms with Crippen molar-refractivity contribution in [2.45, 2.75) is 58.6 Å². The molecule has 22 heavy (non-hydrogen) atoms. The van der Waals surface area contributed by atoms with Gasteiger partial charge in [-0.1, -0.05) is 6.07 Å². The highest BCUT2D eigenvalue weighted by molar-refractivity contribution is 5.67. The number of ether oxygens (including phenoxy) is 1. The van der Waals surface area contributed by atoms with Gasteiger partial charge >= 0.3 is 6.09 Å². The quantitative estimate of drug-likeness (QED) is 0.943. The van der Waals surface area contributed by atoms with Crippen LogP contribution in [0.5, 0.6) is 0 Å². The average molecular weight is 301 g/mol. The summed E-state index contributed by atoms with van der Waals surface area (Å²) in [5.41, 5.74) is 3.74. The second kappa shape index (κ2) is 5.30. The maximum atomic E-state index is 11.7. The fourth-order valence-corrected chi connectivity index (χ4v) is 2.52. The molecular weight excluding hydrogens is 278 g/mol. The Kier molecular flexibility index (Phi) is 3.59. The minimum Gasteiger partial charge on any atom is -0.444 e. The number of amides is 1. The minimum atomic E-state index is -0.489. The zero-order valence-electron chi connectivity index (χ0n) is 13.6. The Labute approximate surface area is 130 Å². The van der Waals surface area contributed by atoms with Crippen LogP contribution in [0.25, 0.3) is 5.65 Å². The van der Waals surface area contributed by atoms with Gasteiger partial charge in [-0.25, -0.2) is 9.78 Å². The highest BCUT2D eigenvalue weighted by Crippen LogP contribution is 2.40. The van der Waals surface area contributed by atoms with E-state index in [1.54, 1.807) is 0 Å². The zero-order valence-corrected chi connectivity index (χ0v) is 13.6. The Bertz CT molecular complexity index is 708. The van der Waals surface area contributed by atoms with Crippen LogP contribution in [0.4, 0.5) is 4.79 Å². The van der Waals surface area contributed by atoms with Gasteiger partial charge in [0.2, 0.25) is 0 Å². The third-order valence-corrected chi connectivity index (χ3v) is 3.83. The normalized spacial score (nSPS) is 15.1. The van der Waals surface area contributed by atoms with Crippen molar-refractivity contribution in [2.24, 2.45) is 0 Å². The predicted molar refractivity (Wildman–Crippen MR) is 85.0 cm³/mol. The van der Waals surface area contributed by atoms with E-state index >= 15 is 0 Å². The number of hydrogen-bond donors (Lipinski definition) is 1. The Morgan fingerprint density at radius 3 is 2.77 bits per heavy atom. The van der Waals surface area contributed by atoms with Crippen LogP contribution in [-0.2, 0) is 11.3 Å². The number of alkyl carbamates (subject to hydrolysis) is 1. The van der Waals surface area contributed by atoms with Gasteiger partial charge in [-0.2, -0.15) is 0 Å². The lowest BCUT2D eigenvalue weighted by molar-refractivity contribution is 0.0523. The summed E-state index contributed by atoms with van der Waals surface area (Å²) in [6.07, 6.45) is 4.33. The van der Waals surface area contributed by atoms with Crippen LogP contribution < -0.4 is 5.32 Å². The van der Waals surface area contributed by atoms with E-state index in [1.165, 1.54) is 18.4 Å². The highest BCUT2D eigenvalue weighted by Gasteiger charge is 2.24. The molecule has 1 saturated carbocycles. The van der Waals surface area contributed by atoms with Crippen LogP contribution in [0.3, 0.4) is 0 Å². The molecule has 1 fully saturated rings. The van der Waals surface area contributed by atoms with Gasteiger partial charge in [0.15, 0.2) is 0 Å². The van der Waals surface area contributed by atoms with E-state index in [2.05, 4.69) is 33.0 Å². The molecule has 5 heteroatoms. The van der Waals surface area contributed by atoms with E-state index in [4.69, 9.17) is 4.74 Å². The molecular formula is C17H23N3O2. The second-order valence-corrected chi connectivity index (χ2v) is 6.96. The van der Waals surface area contributed by atoms with Crippen LogP contribution >= 0.6 is 0 Å². The first-order chi connectivity index (χ1) is 10.3. The number of carbonyl (C=O) groups is 1. The summed E-state index contributed by atoms with van der Waals surface area (Å²) in [7, 11) is 0.